The number of hydrogen-bond donors (Lipinski definition) is 2. The topological polar surface area (TPSA) is 69.2 Å². The number of carbonyl (C=O) groups is 1. The average molecular weight is 450 g/mol. The Morgan fingerprint density at radius 2 is 1.82 bits per heavy atom. The van der Waals surface area contributed by atoms with Crippen molar-refractivity contribution in [3.05, 3.63) is 65.2 Å². The number of rotatable bonds is 7. The van der Waals surface area contributed by atoms with Crippen molar-refractivity contribution in [3.8, 4) is 0 Å². The smallest absolute Gasteiger partial charge is 0.227 e. The monoisotopic (exact) mass is 449 g/mol. The molecule has 2 aromatic carbocycles. The number of ether oxygens (including phenoxy) is 1. The van der Waals surface area contributed by atoms with Gasteiger partial charge in [0, 0.05) is 58.4 Å². The summed E-state index contributed by atoms with van der Waals surface area (Å²) in [7, 11) is 1.79. The first-order valence-corrected chi connectivity index (χ1v) is 11.9. The van der Waals surface area contributed by atoms with E-state index in [0.29, 0.717) is 25.6 Å². The molecule has 0 aromatic heterocycles. The molecule has 2 aromatic rings. The highest BCUT2D eigenvalue weighted by Gasteiger charge is 2.21. The van der Waals surface area contributed by atoms with Crippen LogP contribution in [-0.4, -0.2) is 56.2 Å². The Hall–Kier alpha value is -2.90. The minimum atomic E-state index is 0.217. The molecule has 2 fully saturated rings. The molecule has 1 atom stereocenters. The van der Waals surface area contributed by atoms with E-state index in [1.807, 2.05) is 17.0 Å². The summed E-state index contributed by atoms with van der Waals surface area (Å²) >= 11 is 0. The number of carbonyl (C=O) groups excluding carboxylic acids is 1. The van der Waals surface area contributed by atoms with Gasteiger partial charge >= 0.3 is 0 Å². The summed E-state index contributed by atoms with van der Waals surface area (Å²) in [5, 5.41) is 6.78. The van der Waals surface area contributed by atoms with Crippen LogP contribution in [0.4, 0.5) is 5.69 Å². The van der Waals surface area contributed by atoms with Crippen molar-refractivity contribution >= 4 is 17.6 Å². The lowest BCUT2D eigenvalue weighted by atomic mass is 10.1. The van der Waals surface area contributed by atoms with Crippen molar-refractivity contribution in [3.63, 3.8) is 0 Å². The third-order valence-corrected chi connectivity index (χ3v) is 6.19. The summed E-state index contributed by atoms with van der Waals surface area (Å²) in [6.07, 6.45) is 1.90. The summed E-state index contributed by atoms with van der Waals surface area (Å²) < 4.78 is 5.65. The molecule has 7 heteroatoms. The van der Waals surface area contributed by atoms with Gasteiger partial charge in [0.15, 0.2) is 5.96 Å². The molecule has 0 radical (unpaired) electrons. The van der Waals surface area contributed by atoms with Gasteiger partial charge < -0.3 is 20.3 Å². The van der Waals surface area contributed by atoms with Crippen molar-refractivity contribution in [1.29, 1.82) is 0 Å². The van der Waals surface area contributed by atoms with Gasteiger partial charge in [-0.05, 0) is 42.2 Å². The summed E-state index contributed by atoms with van der Waals surface area (Å²) in [5.74, 6) is 0.982. The molecule has 33 heavy (non-hydrogen) atoms. The summed E-state index contributed by atoms with van der Waals surface area (Å²) in [5.41, 5.74) is 4.68. The molecule has 0 saturated carbocycles. The Balaban J connectivity index is 1.25. The Bertz CT molecular complexity index is 959. The predicted molar refractivity (Wildman–Crippen MR) is 132 cm³/mol. The van der Waals surface area contributed by atoms with Crippen LogP contribution in [0.5, 0.6) is 0 Å². The van der Waals surface area contributed by atoms with E-state index >= 15 is 0 Å². The highest BCUT2D eigenvalue weighted by atomic mass is 16.5. The molecule has 1 amide bonds. The molecule has 0 spiro atoms. The lowest BCUT2D eigenvalue weighted by molar-refractivity contribution is -0.117. The van der Waals surface area contributed by atoms with Crippen LogP contribution in [-0.2, 0) is 29.2 Å². The lowest BCUT2D eigenvalue weighted by Crippen LogP contribution is -2.40. The fraction of sp³-hybridized carbons (Fsp3) is 0.462. The van der Waals surface area contributed by atoms with E-state index in [4.69, 9.17) is 4.74 Å². The van der Waals surface area contributed by atoms with Crippen LogP contribution in [0.3, 0.4) is 0 Å². The third-order valence-electron chi connectivity index (χ3n) is 6.19. The molecule has 4 rings (SSSR count). The van der Waals surface area contributed by atoms with E-state index in [1.165, 1.54) is 11.1 Å². The molecule has 0 aliphatic carbocycles. The molecular formula is C26H35N5O2. The number of aliphatic imine (C=N–C) groups is 1. The van der Waals surface area contributed by atoms with Crippen LogP contribution in [0.25, 0.3) is 0 Å². The van der Waals surface area contributed by atoms with E-state index in [2.05, 4.69) is 63.8 Å². The highest BCUT2D eigenvalue weighted by Crippen LogP contribution is 2.21. The number of morpholine rings is 1. The largest absolute Gasteiger partial charge is 0.376 e. The maximum absolute atomic E-state index is 11.9. The number of benzene rings is 2. The van der Waals surface area contributed by atoms with Crippen LogP contribution in [0, 0.1) is 0 Å². The molecule has 2 aliphatic heterocycles. The second kappa shape index (κ2) is 11.3. The second-order valence-electron chi connectivity index (χ2n) is 8.83. The first-order valence-electron chi connectivity index (χ1n) is 11.9. The van der Waals surface area contributed by atoms with Gasteiger partial charge in [-0.25, -0.2) is 0 Å². The van der Waals surface area contributed by atoms with Gasteiger partial charge in [0.1, 0.15) is 0 Å². The van der Waals surface area contributed by atoms with Crippen molar-refractivity contribution in [2.75, 3.05) is 38.2 Å². The highest BCUT2D eigenvalue weighted by molar-refractivity contribution is 5.95. The lowest BCUT2D eigenvalue weighted by Gasteiger charge is -2.31. The van der Waals surface area contributed by atoms with E-state index in [0.717, 1.165) is 56.4 Å². The second-order valence-corrected chi connectivity index (χ2v) is 8.83. The fourth-order valence-corrected chi connectivity index (χ4v) is 4.44. The third kappa shape index (κ3) is 6.55. The molecule has 2 aliphatic rings. The normalized spacial score (nSPS) is 19.7. The molecule has 7 nitrogen and oxygen atoms in total. The van der Waals surface area contributed by atoms with Gasteiger partial charge in [-0.15, -0.1) is 0 Å². The van der Waals surface area contributed by atoms with E-state index in [1.54, 1.807) is 7.05 Å². The quantitative estimate of drug-likeness (QED) is 0.503. The standard InChI is InChI=1S/C26H35N5O2/c1-20-18-30(13-14-33-20)19-23-6-3-5-22(15-23)17-29-26(27-2)28-16-21-8-10-24(11-9-21)31-12-4-7-25(31)32/h3,5-6,8-11,15,20H,4,7,12-14,16-19H2,1-2H3,(H2,27,28,29). The van der Waals surface area contributed by atoms with Gasteiger partial charge in [0.2, 0.25) is 5.91 Å². The number of amides is 1. The van der Waals surface area contributed by atoms with Crippen molar-refractivity contribution in [1.82, 2.24) is 15.5 Å². The van der Waals surface area contributed by atoms with Crippen LogP contribution in [0.1, 0.15) is 36.5 Å². The first kappa shape index (κ1) is 23.3. The van der Waals surface area contributed by atoms with Gasteiger partial charge in [0.05, 0.1) is 12.7 Å². The molecular weight excluding hydrogens is 414 g/mol. The molecule has 1 unspecified atom stereocenters. The number of anilines is 1. The van der Waals surface area contributed by atoms with Crippen LogP contribution in [0.2, 0.25) is 0 Å². The summed E-state index contributed by atoms with van der Waals surface area (Å²) in [4.78, 5) is 20.6. The van der Waals surface area contributed by atoms with E-state index in [9.17, 15) is 4.79 Å². The zero-order chi connectivity index (χ0) is 23.0. The Morgan fingerprint density at radius 3 is 2.52 bits per heavy atom. The summed E-state index contributed by atoms with van der Waals surface area (Å²) in [6, 6.07) is 16.9. The molecule has 2 N–H and O–H groups in total. The van der Waals surface area contributed by atoms with Gasteiger partial charge in [-0.2, -0.15) is 0 Å². The predicted octanol–water partition coefficient (Wildman–Crippen LogP) is 2.90. The van der Waals surface area contributed by atoms with Crippen LogP contribution < -0.4 is 15.5 Å². The van der Waals surface area contributed by atoms with Crippen molar-refractivity contribution < 1.29 is 9.53 Å². The Morgan fingerprint density at radius 1 is 1.06 bits per heavy atom. The van der Waals surface area contributed by atoms with Gasteiger partial charge in [0.25, 0.3) is 0 Å². The molecule has 2 saturated heterocycles. The number of guanidine groups is 1. The maximum atomic E-state index is 11.9. The van der Waals surface area contributed by atoms with Gasteiger partial charge in [-0.3, -0.25) is 14.7 Å². The van der Waals surface area contributed by atoms with Crippen molar-refractivity contribution in [2.45, 2.75) is 45.5 Å². The average Bonchev–Trinajstić information content (AvgIpc) is 3.26. The zero-order valence-electron chi connectivity index (χ0n) is 19.7. The molecule has 0 bridgehead atoms. The Kier molecular flexibility index (Phi) is 7.96. The maximum Gasteiger partial charge on any atom is 0.227 e. The van der Waals surface area contributed by atoms with Gasteiger partial charge in [-0.1, -0.05) is 36.4 Å². The zero-order valence-corrected chi connectivity index (χ0v) is 19.7. The number of nitrogens with one attached hydrogen (secondary N) is 2. The first-order chi connectivity index (χ1) is 16.1. The van der Waals surface area contributed by atoms with Crippen LogP contribution in [0.15, 0.2) is 53.5 Å². The summed E-state index contributed by atoms with van der Waals surface area (Å²) in [6.45, 7) is 8.06. The fourth-order valence-electron chi connectivity index (χ4n) is 4.44. The molecule has 176 valence electrons. The van der Waals surface area contributed by atoms with E-state index in [-0.39, 0.29) is 5.91 Å². The number of hydrogen-bond acceptors (Lipinski definition) is 4. The SMILES string of the molecule is CN=C(NCc1ccc(N2CCCC2=O)cc1)NCc1cccc(CN2CCOC(C)C2)c1. The minimum absolute atomic E-state index is 0.217. The van der Waals surface area contributed by atoms with Crippen LogP contribution >= 0.6 is 0 Å². The van der Waals surface area contributed by atoms with E-state index < -0.39 is 0 Å². The minimum Gasteiger partial charge on any atom is -0.376 e. The molecule has 2 heterocycles. The Labute approximate surface area is 196 Å². The van der Waals surface area contributed by atoms with Crippen molar-refractivity contribution in [2.24, 2.45) is 4.99 Å². The number of nitrogens with zero attached hydrogens (tertiary/aromatic N) is 3.